The molecule has 8 heteroatoms. The van der Waals surface area contributed by atoms with Gasteiger partial charge in [0.05, 0.1) is 10.6 Å². The Morgan fingerprint density at radius 1 is 1.03 bits per heavy atom. The lowest BCUT2D eigenvalue weighted by molar-refractivity contribution is -0.123. The minimum absolute atomic E-state index is 0.203. The van der Waals surface area contributed by atoms with E-state index in [1.54, 1.807) is 42.6 Å². The molecule has 148 valence electrons. The molecular weight excluding hydrogens is 413 g/mol. The largest absolute Gasteiger partial charge is 0.482 e. The minimum atomic E-state index is -0.329. The SMILES string of the molecule is O=C(COc1ccc(Cl)cc1Cl)NCc1ccccc1NC(=O)c1cccnc1. The van der Waals surface area contributed by atoms with Crippen LogP contribution in [0.3, 0.4) is 0 Å². The lowest BCUT2D eigenvalue weighted by atomic mass is 10.1. The Labute approximate surface area is 177 Å². The maximum atomic E-state index is 12.3. The van der Waals surface area contributed by atoms with E-state index in [1.807, 2.05) is 12.1 Å². The first-order valence-corrected chi connectivity index (χ1v) is 9.42. The first kappa shape index (κ1) is 20.6. The molecule has 0 radical (unpaired) electrons. The quantitative estimate of drug-likeness (QED) is 0.585. The molecule has 0 atom stereocenters. The van der Waals surface area contributed by atoms with Crippen molar-refractivity contribution in [2.75, 3.05) is 11.9 Å². The third kappa shape index (κ3) is 5.94. The second-order valence-electron chi connectivity index (χ2n) is 5.99. The molecule has 0 bridgehead atoms. The Bertz CT molecular complexity index is 1010. The van der Waals surface area contributed by atoms with Crippen molar-refractivity contribution in [1.29, 1.82) is 0 Å². The summed E-state index contributed by atoms with van der Waals surface area (Å²) in [7, 11) is 0. The first-order chi connectivity index (χ1) is 14.0. The highest BCUT2D eigenvalue weighted by molar-refractivity contribution is 6.35. The fraction of sp³-hybridized carbons (Fsp3) is 0.0952. The fourth-order valence-corrected chi connectivity index (χ4v) is 2.93. The Balaban J connectivity index is 1.56. The smallest absolute Gasteiger partial charge is 0.258 e. The summed E-state index contributed by atoms with van der Waals surface area (Å²) < 4.78 is 5.42. The number of carbonyl (C=O) groups excluding carboxylic acids is 2. The summed E-state index contributed by atoms with van der Waals surface area (Å²) in [6.07, 6.45) is 3.08. The zero-order valence-electron chi connectivity index (χ0n) is 15.2. The summed E-state index contributed by atoms with van der Waals surface area (Å²) in [5.41, 5.74) is 1.80. The molecule has 3 aromatic rings. The van der Waals surface area contributed by atoms with E-state index >= 15 is 0 Å². The van der Waals surface area contributed by atoms with Gasteiger partial charge in [0, 0.05) is 29.6 Å². The molecule has 1 heterocycles. The molecule has 2 amide bonds. The molecule has 0 aliphatic heterocycles. The number of anilines is 1. The van der Waals surface area contributed by atoms with Crippen LogP contribution in [0, 0.1) is 0 Å². The zero-order chi connectivity index (χ0) is 20.6. The summed E-state index contributed by atoms with van der Waals surface area (Å²) in [6.45, 7) is 0.0194. The lowest BCUT2D eigenvalue weighted by Crippen LogP contribution is -2.29. The first-order valence-electron chi connectivity index (χ1n) is 8.67. The highest BCUT2D eigenvalue weighted by Crippen LogP contribution is 2.27. The van der Waals surface area contributed by atoms with E-state index in [4.69, 9.17) is 27.9 Å². The van der Waals surface area contributed by atoms with Gasteiger partial charge in [-0.2, -0.15) is 0 Å². The third-order valence-corrected chi connectivity index (χ3v) is 4.45. The van der Waals surface area contributed by atoms with Crippen LogP contribution in [-0.2, 0) is 11.3 Å². The second-order valence-corrected chi connectivity index (χ2v) is 6.84. The number of carbonyl (C=O) groups is 2. The zero-order valence-corrected chi connectivity index (χ0v) is 16.7. The van der Waals surface area contributed by atoms with Crippen LogP contribution in [0.25, 0.3) is 0 Å². The van der Waals surface area contributed by atoms with Gasteiger partial charge in [0.25, 0.3) is 11.8 Å². The average molecular weight is 430 g/mol. The number of rotatable bonds is 7. The lowest BCUT2D eigenvalue weighted by Gasteiger charge is -2.13. The van der Waals surface area contributed by atoms with Crippen molar-refractivity contribution >= 4 is 40.7 Å². The second kappa shape index (κ2) is 9.91. The predicted octanol–water partition coefficient (Wildman–Crippen LogP) is 4.34. The van der Waals surface area contributed by atoms with Gasteiger partial charge in [-0.25, -0.2) is 0 Å². The number of benzene rings is 2. The number of hydrogen-bond donors (Lipinski definition) is 2. The van der Waals surface area contributed by atoms with E-state index in [0.29, 0.717) is 27.0 Å². The average Bonchev–Trinajstić information content (AvgIpc) is 2.73. The number of aromatic nitrogens is 1. The summed E-state index contributed by atoms with van der Waals surface area (Å²) in [5, 5.41) is 6.40. The molecule has 29 heavy (non-hydrogen) atoms. The van der Waals surface area contributed by atoms with Crippen LogP contribution in [0.15, 0.2) is 67.0 Å². The number of hydrogen-bond acceptors (Lipinski definition) is 4. The van der Waals surface area contributed by atoms with Gasteiger partial charge in [-0.3, -0.25) is 14.6 Å². The normalized spacial score (nSPS) is 10.3. The van der Waals surface area contributed by atoms with Crippen molar-refractivity contribution in [3.8, 4) is 5.75 Å². The number of nitrogens with zero attached hydrogens (tertiary/aromatic N) is 1. The molecule has 1 aromatic heterocycles. The molecule has 0 aliphatic rings. The molecule has 2 N–H and O–H groups in total. The number of amides is 2. The topological polar surface area (TPSA) is 80.3 Å². The van der Waals surface area contributed by atoms with E-state index in [0.717, 1.165) is 5.56 Å². The van der Waals surface area contributed by atoms with Gasteiger partial charge < -0.3 is 15.4 Å². The molecule has 3 rings (SSSR count). The van der Waals surface area contributed by atoms with Crippen molar-refractivity contribution in [1.82, 2.24) is 10.3 Å². The summed E-state index contributed by atoms with van der Waals surface area (Å²) in [5.74, 6) is -0.239. The van der Waals surface area contributed by atoms with E-state index in [2.05, 4.69) is 15.6 Å². The van der Waals surface area contributed by atoms with E-state index in [1.165, 1.54) is 12.3 Å². The minimum Gasteiger partial charge on any atom is -0.482 e. The van der Waals surface area contributed by atoms with Gasteiger partial charge in [-0.1, -0.05) is 41.4 Å². The van der Waals surface area contributed by atoms with Crippen LogP contribution in [0.2, 0.25) is 10.0 Å². The molecular formula is C21H17Cl2N3O3. The van der Waals surface area contributed by atoms with Crippen molar-refractivity contribution in [3.63, 3.8) is 0 Å². The fourth-order valence-electron chi connectivity index (χ4n) is 2.47. The summed E-state index contributed by atoms with van der Waals surface area (Å²) >= 11 is 11.9. The van der Waals surface area contributed by atoms with Crippen molar-refractivity contribution in [2.24, 2.45) is 0 Å². The number of halogens is 2. The molecule has 2 aromatic carbocycles. The number of para-hydroxylation sites is 1. The van der Waals surface area contributed by atoms with E-state index in [9.17, 15) is 9.59 Å². The van der Waals surface area contributed by atoms with Crippen LogP contribution >= 0.6 is 23.2 Å². The highest BCUT2D eigenvalue weighted by Gasteiger charge is 2.11. The van der Waals surface area contributed by atoms with Gasteiger partial charge in [-0.05, 0) is 42.0 Å². The van der Waals surface area contributed by atoms with E-state index in [-0.39, 0.29) is 25.0 Å². The Kier molecular flexibility index (Phi) is 7.05. The van der Waals surface area contributed by atoms with Crippen molar-refractivity contribution < 1.29 is 14.3 Å². The maximum absolute atomic E-state index is 12.3. The van der Waals surface area contributed by atoms with Gasteiger partial charge in [0.2, 0.25) is 0 Å². The van der Waals surface area contributed by atoms with Crippen LogP contribution in [0.1, 0.15) is 15.9 Å². The van der Waals surface area contributed by atoms with Crippen LogP contribution in [0.4, 0.5) is 5.69 Å². The highest BCUT2D eigenvalue weighted by atomic mass is 35.5. The molecule has 0 unspecified atom stereocenters. The van der Waals surface area contributed by atoms with E-state index < -0.39 is 0 Å². The predicted molar refractivity (Wildman–Crippen MR) is 112 cm³/mol. The van der Waals surface area contributed by atoms with Crippen molar-refractivity contribution in [3.05, 3.63) is 88.2 Å². The molecule has 0 fully saturated rings. The van der Waals surface area contributed by atoms with Gasteiger partial charge >= 0.3 is 0 Å². The molecule has 0 aliphatic carbocycles. The monoisotopic (exact) mass is 429 g/mol. The van der Waals surface area contributed by atoms with Gasteiger partial charge in [-0.15, -0.1) is 0 Å². The summed E-state index contributed by atoms with van der Waals surface area (Å²) in [4.78, 5) is 28.4. The number of ether oxygens (including phenoxy) is 1. The van der Waals surface area contributed by atoms with Crippen LogP contribution < -0.4 is 15.4 Å². The molecule has 0 saturated heterocycles. The molecule has 0 spiro atoms. The Morgan fingerprint density at radius 3 is 2.62 bits per heavy atom. The standard InChI is InChI=1S/C21H17Cl2N3O3/c22-16-7-8-19(17(23)10-16)29-13-20(27)25-12-14-4-1-2-6-18(14)26-21(28)15-5-3-9-24-11-15/h1-11H,12-13H2,(H,25,27)(H,26,28). The Morgan fingerprint density at radius 2 is 1.86 bits per heavy atom. The van der Waals surface area contributed by atoms with Gasteiger partial charge in [0.15, 0.2) is 6.61 Å². The third-order valence-electron chi connectivity index (χ3n) is 3.92. The van der Waals surface area contributed by atoms with Crippen molar-refractivity contribution in [2.45, 2.75) is 6.54 Å². The number of nitrogens with one attached hydrogen (secondary N) is 2. The molecule has 0 saturated carbocycles. The number of pyridine rings is 1. The Hall–Kier alpha value is -3.09. The van der Waals surface area contributed by atoms with Crippen LogP contribution in [-0.4, -0.2) is 23.4 Å². The van der Waals surface area contributed by atoms with Gasteiger partial charge in [0.1, 0.15) is 5.75 Å². The molecule has 6 nitrogen and oxygen atoms in total. The maximum Gasteiger partial charge on any atom is 0.258 e. The summed E-state index contributed by atoms with van der Waals surface area (Å²) in [6, 6.07) is 15.3. The van der Waals surface area contributed by atoms with Crippen LogP contribution in [0.5, 0.6) is 5.75 Å².